The molecule has 176 valence electrons. The summed E-state index contributed by atoms with van der Waals surface area (Å²) in [7, 11) is 1.66. The minimum atomic E-state index is -0.541. The van der Waals surface area contributed by atoms with E-state index in [1.54, 1.807) is 24.4 Å². The highest BCUT2D eigenvalue weighted by Gasteiger charge is 2.30. The standard InChI is InChI=1S/C24H33N7O2/c1-16-8-9-27-20(11-16)29-21-12-19(28-22(30-21)18(13-25)14-26-5)17-7-6-10-31(15-17)23(32)33-24(2,3)4/h8-9,11-14,17-18,25H,6-7,10,15H2,1-5H3,(H,27,28,29,30). The van der Waals surface area contributed by atoms with Gasteiger partial charge in [0.15, 0.2) is 0 Å². The summed E-state index contributed by atoms with van der Waals surface area (Å²) in [6.45, 7) is 8.78. The third kappa shape index (κ3) is 6.81. The molecule has 3 heterocycles. The van der Waals surface area contributed by atoms with E-state index in [4.69, 9.17) is 15.1 Å². The number of nitrogens with zero attached hydrogens (tertiary/aromatic N) is 5. The number of ether oxygens (including phenoxy) is 1. The van der Waals surface area contributed by atoms with Crippen LogP contribution in [0.5, 0.6) is 0 Å². The van der Waals surface area contributed by atoms with Gasteiger partial charge in [-0.25, -0.2) is 19.7 Å². The van der Waals surface area contributed by atoms with E-state index in [1.807, 2.05) is 45.9 Å². The highest BCUT2D eigenvalue weighted by Crippen LogP contribution is 2.29. The van der Waals surface area contributed by atoms with Crippen molar-refractivity contribution in [1.29, 1.82) is 5.41 Å². The minimum Gasteiger partial charge on any atom is -0.444 e. The summed E-state index contributed by atoms with van der Waals surface area (Å²) in [5, 5.41) is 11.1. The van der Waals surface area contributed by atoms with Crippen molar-refractivity contribution < 1.29 is 9.53 Å². The number of rotatable bonds is 6. The van der Waals surface area contributed by atoms with E-state index in [1.165, 1.54) is 6.21 Å². The fraction of sp³-hybridized carbons (Fsp3) is 0.500. The minimum absolute atomic E-state index is 0.0315. The first-order valence-electron chi connectivity index (χ1n) is 11.2. The van der Waals surface area contributed by atoms with E-state index in [0.29, 0.717) is 30.5 Å². The van der Waals surface area contributed by atoms with Crippen LogP contribution >= 0.6 is 0 Å². The molecule has 2 atom stereocenters. The maximum atomic E-state index is 12.6. The number of aromatic nitrogens is 3. The summed E-state index contributed by atoms with van der Waals surface area (Å²) in [5.41, 5.74) is 1.36. The lowest BCUT2D eigenvalue weighted by molar-refractivity contribution is 0.0197. The van der Waals surface area contributed by atoms with E-state index in [-0.39, 0.29) is 12.0 Å². The molecule has 2 aromatic rings. The van der Waals surface area contributed by atoms with Crippen LogP contribution < -0.4 is 5.32 Å². The van der Waals surface area contributed by atoms with Crippen molar-refractivity contribution in [2.75, 3.05) is 25.5 Å². The summed E-state index contributed by atoms with van der Waals surface area (Å²) >= 11 is 0. The number of hydrogen-bond acceptors (Lipinski definition) is 8. The van der Waals surface area contributed by atoms with Crippen molar-refractivity contribution in [3.05, 3.63) is 41.5 Å². The maximum Gasteiger partial charge on any atom is 0.410 e. The average Bonchev–Trinajstić information content (AvgIpc) is 2.76. The lowest BCUT2D eigenvalue weighted by atomic mass is 9.94. The normalized spacial score (nSPS) is 17.6. The zero-order chi connectivity index (χ0) is 24.0. The molecule has 9 heteroatoms. The van der Waals surface area contributed by atoms with Crippen LogP contribution in [-0.4, -0.2) is 64.1 Å². The van der Waals surface area contributed by atoms with Gasteiger partial charge in [0.05, 0.1) is 11.6 Å². The van der Waals surface area contributed by atoms with Crippen LogP contribution in [-0.2, 0) is 4.74 Å². The molecule has 0 saturated carbocycles. The number of hydrogen-bond donors (Lipinski definition) is 2. The second kappa shape index (κ2) is 10.5. The van der Waals surface area contributed by atoms with Crippen LogP contribution in [0.4, 0.5) is 16.4 Å². The molecule has 0 spiro atoms. The first-order chi connectivity index (χ1) is 15.7. The monoisotopic (exact) mass is 451 g/mol. The number of carbonyl (C=O) groups is 1. The number of pyridine rings is 1. The molecule has 2 aromatic heterocycles. The number of nitrogens with one attached hydrogen (secondary N) is 2. The summed E-state index contributed by atoms with van der Waals surface area (Å²) < 4.78 is 5.57. The van der Waals surface area contributed by atoms with Crippen LogP contribution in [0.1, 0.15) is 62.5 Å². The van der Waals surface area contributed by atoms with Gasteiger partial charge in [0.25, 0.3) is 0 Å². The highest BCUT2D eigenvalue weighted by molar-refractivity contribution is 5.87. The van der Waals surface area contributed by atoms with Crippen LogP contribution in [0.3, 0.4) is 0 Å². The zero-order valence-corrected chi connectivity index (χ0v) is 20.0. The molecule has 1 amide bonds. The Morgan fingerprint density at radius 1 is 1.33 bits per heavy atom. The number of likely N-dealkylation sites (tertiary alicyclic amines) is 1. The molecule has 0 aromatic carbocycles. The van der Waals surface area contributed by atoms with Crippen molar-refractivity contribution >= 4 is 30.2 Å². The van der Waals surface area contributed by atoms with Crippen LogP contribution in [0.2, 0.25) is 0 Å². The van der Waals surface area contributed by atoms with Crippen LogP contribution in [0.25, 0.3) is 0 Å². The second-order valence-electron chi connectivity index (χ2n) is 9.24. The first kappa shape index (κ1) is 24.3. The molecular weight excluding hydrogens is 418 g/mol. The number of piperidine rings is 1. The zero-order valence-electron chi connectivity index (χ0n) is 20.0. The van der Waals surface area contributed by atoms with Crippen molar-refractivity contribution in [3.63, 3.8) is 0 Å². The molecule has 3 rings (SSSR count). The predicted octanol–water partition coefficient (Wildman–Crippen LogP) is 4.47. The lowest BCUT2D eigenvalue weighted by Crippen LogP contribution is -2.42. The van der Waals surface area contributed by atoms with Gasteiger partial charge in [-0.1, -0.05) is 0 Å². The van der Waals surface area contributed by atoms with E-state index in [9.17, 15) is 4.79 Å². The van der Waals surface area contributed by atoms with E-state index >= 15 is 0 Å². The molecule has 2 unspecified atom stereocenters. The Morgan fingerprint density at radius 3 is 2.79 bits per heavy atom. The van der Waals surface area contributed by atoms with Gasteiger partial charge in [-0.2, -0.15) is 0 Å². The van der Waals surface area contributed by atoms with E-state index in [0.717, 1.165) is 24.1 Å². The summed E-state index contributed by atoms with van der Waals surface area (Å²) in [4.78, 5) is 32.2. The predicted molar refractivity (Wildman–Crippen MR) is 130 cm³/mol. The largest absolute Gasteiger partial charge is 0.444 e. The fourth-order valence-corrected chi connectivity index (χ4v) is 3.70. The van der Waals surface area contributed by atoms with Gasteiger partial charge in [0.1, 0.15) is 23.1 Å². The molecule has 0 bridgehead atoms. The van der Waals surface area contributed by atoms with Crippen LogP contribution in [0, 0.1) is 12.3 Å². The van der Waals surface area contributed by atoms with Crippen LogP contribution in [0.15, 0.2) is 29.4 Å². The molecule has 2 N–H and O–H groups in total. The number of aliphatic imine (C=N–C) groups is 1. The van der Waals surface area contributed by atoms with Gasteiger partial charge in [0, 0.05) is 50.7 Å². The average molecular weight is 452 g/mol. The van der Waals surface area contributed by atoms with Gasteiger partial charge in [0.2, 0.25) is 0 Å². The van der Waals surface area contributed by atoms with E-state index < -0.39 is 11.5 Å². The Kier molecular flexibility index (Phi) is 7.73. The molecule has 0 radical (unpaired) electrons. The number of carbonyl (C=O) groups excluding carboxylic acids is 1. The third-order valence-electron chi connectivity index (χ3n) is 5.21. The summed E-state index contributed by atoms with van der Waals surface area (Å²) in [6, 6.07) is 5.77. The van der Waals surface area contributed by atoms with Gasteiger partial charge in [-0.05, 0) is 58.2 Å². The van der Waals surface area contributed by atoms with Crippen molar-refractivity contribution in [2.24, 2.45) is 4.99 Å². The Hall–Kier alpha value is -3.36. The molecule has 1 aliphatic heterocycles. The maximum absolute atomic E-state index is 12.6. The Labute approximate surface area is 195 Å². The topological polar surface area (TPSA) is 116 Å². The molecule has 0 aliphatic carbocycles. The molecule has 33 heavy (non-hydrogen) atoms. The molecular formula is C24H33N7O2. The summed E-state index contributed by atoms with van der Waals surface area (Å²) in [6.07, 6.45) is 6.11. The lowest BCUT2D eigenvalue weighted by Gasteiger charge is -2.34. The SMILES string of the molecule is CN=CC(C=N)c1nc(Nc2cc(C)ccn2)cc(C2CCCN(C(=O)OC(C)(C)C)C2)n1. The summed E-state index contributed by atoms with van der Waals surface area (Å²) in [5.74, 6) is 1.35. The van der Waals surface area contributed by atoms with Gasteiger partial charge >= 0.3 is 6.09 Å². The Morgan fingerprint density at radius 2 is 2.12 bits per heavy atom. The van der Waals surface area contributed by atoms with Crippen molar-refractivity contribution in [1.82, 2.24) is 19.9 Å². The van der Waals surface area contributed by atoms with Crippen molar-refractivity contribution in [2.45, 2.75) is 58.0 Å². The van der Waals surface area contributed by atoms with Gasteiger partial charge < -0.3 is 20.4 Å². The molecule has 1 saturated heterocycles. The Balaban J connectivity index is 1.92. The first-order valence-corrected chi connectivity index (χ1v) is 11.2. The van der Waals surface area contributed by atoms with Gasteiger partial charge in [-0.3, -0.25) is 4.99 Å². The molecule has 9 nitrogen and oxygen atoms in total. The Bertz CT molecular complexity index is 1020. The van der Waals surface area contributed by atoms with E-state index in [2.05, 4.69) is 20.3 Å². The van der Waals surface area contributed by atoms with Crippen molar-refractivity contribution in [3.8, 4) is 0 Å². The highest BCUT2D eigenvalue weighted by atomic mass is 16.6. The smallest absolute Gasteiger partial charge is 0.410 e. The number of anilines is 2. The molecule has 1 aliphatic rings. The fourth-order valence-electron chi connectivity index (χ4n) is 3.70. The quantitative estimate of drug-likeness (QED) is 0.626. The number of aryl methyl sites for hydroxylation is 1. The third-order valence-corrected chi connectivity index (χ3v) is 5.21. The number of amides is 1. The van der Waals surface area contributed by atoms with Gasteiger partial charge in [-0.15, -0.1) is 0 Å². The second-order valence-corrected chi connectivity index (χ2v) is 9.24. The molecule has 1 fully saturated rings.